The van der Waals surface area contributed by atoms with Gasteiger partial charge < -0.3 is 10.6 Å². The zero-order valence-corrected chi connectivity index (χ0v) is 12.8. The summed E-state index contributed by atoms with van der Waals surface area (Å²) in [7, 11) is 0. The summed E-state index contributed by atoms with van der Waals surface area (Å²) in [5.41, 5.74) is 2.83. The second kappa shape index (κ2) is 6.57. The highest BCUT2D eigenvalue weighted by Gasteiger charge is 2.06. The molecule has 0 aliphatic rings. The molecule has 0 spiro atoms. The molecule has 2 N–H and O–H groups in total. The summed E-state index contributed by atoms with van der Waals surface area (Å²) in [6.07, 6.45) is 1.05. The molecule has 106 valence electrons. The summed E-state index contributed by atoms with van der Waals surface area (Å²) in [5, 5.41) is 7.22. The average molecular weight is 291 g/mol. The fraction of sp³-hybridized carbons (Fsp3) is 0.333. The number of benzene rings is 1. The van der Waals surface area contributed by atoms with Crippen LogP contribution in [0.3, 0.4) is 0 Å². The molecule has 0 saturated carbocycles. The van der Waals surface area contributed by atoms with Gasteiger partial charge in [0.05, 0.1) is 0 Å². The van der Waals surface area contributed by atoms with Crippen LogP contribution in [0, 0.1) is 13.8 Å². The second-order valence-electron chi connectivity index (χ2n) is 4.68. The maximum atomic E-state index is 6.12. The third kappa shape index (κ3) is 3.61. The summed E-state index contributed by atoms with van der Waals surface area (Å²) in [5.74, 6) is 1.41. The van der Waals surface area contributed by atoms with Gasteiger partial charge in [-0.15, -0.1) is 0 Å². The number of rotatable bonds is 5. The van der Waals surface area contributed by atoms with Gasteiger partial charge in [-0.05, 0) is 38.0 Å². The molecule has 2 rings (SSSR count). The zero-order valence-electron chi connectivity index (χ0n) is 12.0. The van der Waals surface area contributed by atoms with Crippen LogP contribution in [0.4, 0.5) is 17.5 Å². The third-order valence-electron chi connectivity index (χ3n) is 2.92. The molecule has 5 heteroatoms. The van der Waals surface area contributed by atoms with E-state index in [9.17, 15) is 0 Å². The number of nitrogens with zero attached hydrogens (tertiary/aromatic N) is 2. The molecule has 0 aliphatic carbocycles. The molecule has 1 aromatic heterocycles. The molecule has 1 heterocycles. The van der Waals surface area contributed by atoms with E-state index in [4.69, 9.17) is 11.6 Å². The monoisotopic (exact) mass is 290 g/mol. The maximum Gasteiger partial charge on any atom is 0.229 e. The van der Waals surface area contributed by atoms with E-state index in [0.29, 0.717) is 5.95 Å². The van der Waals surface area contributed by atoms with Gasteiger partial charge in [-0.3, -0.25) is 0 Å². The Hall–Kier alpha value is -1.81. The van der Waals surface area contributed by atoms with Crippen molar-refractivity contribution in [3.63, 3.8) is 0 Å². The van der Waals surface area contributed by atoms with Gasteiger partial charge in [0.25, 0.3) is 0 Å². The van der Waals surface area contributed by atoms with E-state index in [1.54, 1.807) is 0 Å². The number of hydrogen-bond donors (Lipinski definition) is 2. The number of aryl methyl sites for hydroxylation is 1. The number of halogens is 1. The molecule has 4 nitrogen and oxygen atoms in total. The van der Waals surface area contributed by atoms with Crippen molar-refractivity contribution < 1.29 is 0 Å². The van der Waals surface area contributed by atoms with Crippen molar-refractivity contribution in [3.05, 3.63) is 40.5 Å². The first-order chi connectivity index (χ1) is 9.60. The first kappa shape index (κ1) is 14.6. The van der Waals surface area contributed by atoms with Gasteiger partial charge in [0.2, 0.25) is 5.95 Å². The van der Waals surface area contributed by atoms with Crippen LogP contribution in [-0.2, 0) is 0 Å². The standard InChI is InChI=1S/C15H19ClN4/c1-4-8-17-14-9-10(2)18-15(20-14)19-13-7-5-6-12(16)11(13)3/h5-7,9H,4,8H2,1-3H3,(H2,17,18,19,20). The van der Waals surface area contributed by atoms with Crippen LogP contribution in [0.25, 0.3) is 0 Å². The third-order valence-corrected chi connectivity index (χ3v) is 3.33. The summed E-state index contributed by atoms with van der Waals surface area (Å²) in [6.45, 7) is 6.94. The maximum absolute atomic E-state index is 6.12. The Morgan fingerprint density at radius 2 is 2.00 bits per heavy atom. The van der Waals surface area contributed by atoms with E-state index in [1.807, 2.05) is 38.1 Å². The van der Waals surface area contributed by atoms with Crippen molar-refractivity contribution in [1.29, 1.82) is 0 Å². The van der Waals surface area contributed by atoms with Crippen LogP contribution in [0.5, 0.6) is 0 Å². The molecular formula is C15H19ClN4. The van der Waals surface area contributed by atoms with E-state index in [-0.39, 0.29) is 0 Å². The first-order valence-corrected chi connectivity index (χ1v) is 7.09. The lowest BCUT2D eigenvalue weighted by atomic mass is 10.2. The highest BCUT2D eigenvalue weighted by atomic mass is 35.5. The van der Waals surface area contributed by atoms with E-state index in [0.717, 1.165) is 40.8 Å². The normalized spacial score (nSPS) is 10.4. The fourth-order valence-electron chi connectivity index (χ4n) is 1.83. The molecular weight excluding hydrogens is 272 g/mol. The Morgan fingerprint density at radius 1 is 1.20 bits per heavy atom. The van der Waals surface area contributed by atoms with E-state index < -0.39 is 0 Å². The van der Waals surface area contributed by atoms with Gasteiger partial charge in [-0.1, -0.05) is 24.6 Å². The van der Waals surface area contributed by atoms with E-state index >= 15 is 0 Å². The Bertz CT molecular complexity index is 598. The SMILES string of the molecule is CCCNc1cc(C)nc(Nc2cccc(Cl)c2C)n1. The molecule has 0 unspecified atom stereocenters. The predicted octanol–water partition coefficient (Wildman–Crippen LogP) is 4.31. The fourth-order valence-corrected chi connectivity index (χ4v) is 2.01. The Morgan fingerprint density at radius 3 is 2.75 bits per heavy atom. The van der Waals surface area contributed by atoms with Crippen LogP contribution < -0.4 is 10.6 Å². The average Bonchev–Trinajstić information content (AvgIpc) is 2.41. The Balaban J connectivity index is 2.24. The van der Waals surface area contributed by atoms with Gasteiger partial charge in [0.1, 0.15) is 5.82 Å². The molecule has 0 bridgehead atoms. The topological polar surface area (TPSA) is 49.8 Å². The predicted molar refractivity (Wildman–Crippen MR) is 85.0 cm³/mol. The minimum absolute atomic E-state index is 0.578. The van der Waals surface area contributed by atoms with Crippen LogP contribution in [-0.4, -0.2) is 16.5 Å². The summed E-state index contributed by atoms with van der Waals surface area (Å²) >= 11 is 6.12. The van der Waals surface area contributed by atoms with Crippen molar-refractivity contribution in [3.8, 4) is 0 Å². The van der Waals surface area contributed by atoms with Crippen LogP contribution >= 0.6 is 11.6 Å². The van der Waals surface area contributed by atoms with Crippen molar-refractivity contribution in [2.24, 2.45) is 0 Å². The van der Waals surface area contributed by atoms with Gasteiger partial charge in [-0.2, -0.15) is 4.98 Å². The largest absolute Gasteiger partial charge is 0.370 e. The van der Waals surface area contributed by atoms with E-state index in [1.165, 1.54) is 0 Å². The molecule has 0 radical (unpaired) electrons. The molecule has 0 atom stereocenters. The van der Waals surface area contributed by atoms with Crippen LogP contribution in [0.1, 0.15) is 24.6 Å². The van der Waals surface area contributed by atoms with Gasteiger partial charge >= 0.3 is 0 Å². The van der Waals surface area contributed by atoms with Gasteiger partial charge in [-0.25, -0.2) is 4.98 Å². The van der Waals surface area contributed by atoms with Gasteiger partial charge in [0.15, 0.2) is 0 Å². The quantitative estimate of drug-likeness (QED) is 0.861. The highest BCUT2D eigenvalue weighted by molar-refractivity contribution is 6.31. The molecule has 20 heavy (non-hydrogen) atoms. The summed E-state index contributed by atoms with van der Waals surface area (Å²) in [6, 6.07) is 7.68. The van der Waals surface area contributed by atoms with Crippen LogP contribution in [0.2, 0.25) is 5.02 Å². The lowest BCUT2D eigenvalue weighted by Crippen LogP contribution is -2.06. The zero-order chi connectivity index (χ0) is 14.5. The van der Waals surface area contributed by atoms with Crippen molar-refractivity contribution in [1.82, 2.24) is 9.97 Å². The number of anilines is 3. The minimum atomic E-state index is 0.578. The summed E-state index contributed by atoms with van der Waals surface area (Å²) in [4.78, 5) is 8.86. The molecule has 2 aromatic rings. The highest BCUT2D eigenvalue weighted by Crippen LogP contribution is 2.25. The lowest BCUT2D eigenvalue weighted by molar-refractivity contribution is 0.962. The number of hydrogen-bond acceptors (Lipinski definition) is 4. The van der Waals surface area contributed by atoms with Gasteiger partial charge in [0, 0.05) is 29.0 Å². The smallest absolute Gasteiger partial charge is 0.229 e. The van der Waals surface area contributed by atoms with Crippen LogP contribution in [0.15, 0.2) is 24.3 Å². The minimum Gasteiger partial charge on any atom is -0.370 e. The van der Waals surface area contributed by atoms with E-state index in [2.05, 4.69) is 27.5 Å². The van der Waals surface area contributed by atoms with Crippen molar-refractivity contribution >= 4 is 29.1 Å². The van der Waals surface area contributed by atoms with Crippen molar-refractivity contribution in [2.45, 2.75) is 27.2 Å². The first-order valence-electron chi connectivity index (χ1n) is 6.72. The second-order valence-corrected chi connectivity index (χ2v) is 5.09. The number of aromatic nitrogens is 2. The molecule has 1 aromatic carbocycles. The molecule has 0 fully saturated rings. The van der Waals surface area contributed by atoms with Crippen molar-refractivity contribution in [2.75, 3.05) is 17.2 Å². The molecule has 0 amide bonds. The lowest BCUT2D eigenvalue weighted by Gasteiger charge is -2.11. The Labute approximate surface area is 124 Å². The molecule has 0 aliphatic heterocycles. The summed E-state index contributed by atoms with van der Waals surface area (Å²) < 4.78 is 0. The molecule has 0 saturated heterocycles. The Kier molecular flexibility index (Phi) is 4.79. The number of nitrogens with one attached hydrogen (secondary N) is 2.